The highest BCUT2D eigenvalue weighted by Crippen LogP contribution is 2.43. The molecule has 0 spiro atoms. The summed E-state index contributed by atoms with van der Waals surface area (Å²) in [5.41, 5.74) is 3.91. The smallest absolute Gasteiger partial charge is 0.0344 e. The number of hydrogen-bond acceptors (Lipinski definition) is 0. The summed E-state index contributed by atoms with van der Waals surface area (Å²) >= 11 is 0. The number of unbranched alkanes of at least 4 members (excludes halogenated alkanes) is 2. The fourth-order valence-electron chi connectivity index (χ4n) is 2.76. The summed E-state index contributed by atoms with van der Waals surface area (Å²) in [6, 6.07) is 19.6. The number of rotatable bonds is 7. The lowest BCUT2D eigenvalue weighted by atomic mass is 9.85. The third-order valence-corrected chi connectivity index (χ3v) is 5.08. The van der Waals surface area contributed by atoms with E-state index in [9.17, 15) is 0 Å². The molecule has 0 heterocycles. The lowest BCUT2D eigenvalue weighted by molar-refractivity contribution is 0.584. The summed E-state index contributed by atoms with van der Waals surface area (Å²) in [5, 5.41) is 0.0100. The first-order chi connectivity index (χ1) is 10.2. The highest BCUT2D eigenvalue weighted by atomic mass is 31.0. The molecule has 0 amide bonds. The highest BCUT2D eigenvalue weighted by molar-refractivity contribution is 7.19. The van der Waals surface area contributed by atoms with Gasteiger partial charge in [0.1, 0.15) is 0 Å². The lowest BCUT2D eigenvalue weighted by Crippen LogP contribution is -2.19. The van der Waals surface area contributed by atoms with Crippen LogP contribution in [0, 0.1) is 0 Å². The fraction of sp³-hybridized carbons (Fsp3) is 0.300. The maximum atomic E-state index is 3.84. The number of benzene rings is 2. The van der Waals surface area contributed by atoms with E-state index in [1.54, 1.807) is 0 Å². The van der Waals surface area contributed by atoms with Crippen LogP contribution in [0.3, 0.4) is 0 Å². The van der Waals surface area contributed by atoms with Gasteiger partial charge in [-0.3, -0.25) is 0 Å². The van der Waals surface area contributed by atoms with E-state index in [0.717, 1.165) is 6.42 Å². The van der Waals surface area contributed by atoms with Crippen LogP contribution in [0.2, 0.25) is 0 Å². The minimum absolute atomic E-state index is 0.0100. The first kappa shape index (κ1) is 16.0. The lowest BCUT2D eigenvalue weighted by Gasteiger charge is -2.31. The first-order valence-corrected chi connectivity index (χ1v) is 8.36. The van der Waals surface area contributed by atoms with Crippen LogP contribution in [0.5, 0.6) is 0 Å². The molecule has 2 aromatic rings. The molecule has 0 aromatic heterocycles. The van der Waals surface area contributed by atoms with Gasteiger partial charge in [0.05, 0.1) is 0 Å². The molecule has 0 bridgehead atoms. The minimum Gasteiger partial charge on any atom is -0.122 e. The Bertz CT molecular complexity index is 556. The Morgan fingerprint density at radius 2 is 1.57 bits per heavy atom. The monoisotopic (exact) mass is 296 g/mol. The third-order valence-electron chi connectivity index (χ3n) is 4.13. The summed E-state index contributed by atoms with van der Waals surface area (Å²) in [4.78, 5) is 0. The van der Waals surface area contributed by atoms with Crippen molar-refractivity contribution in [3.63, 3.8) is 0 Å². The van der Waals surface area contributed by atoms with E-state index in [0.29, 0.717) is 0 Å². The van der Waals surface area contributed by atoms with Crippen molar-refractivity contribution < 1.29 is 0 Å². The van der Waals surface area contributed by atoms with Crippen LogP contribution in [0.15, 0.2) is 61.2 Å². The second-order valence-electron chi connectivity index (χ2n) is 5.62. The van der Waals surface area contributed by atoms with Gasteiger partial charge in [-0.2, -0.15) is 0 Å². The van der Waals surface area contributed by atoms with Gasteiger partial charge in [-0.25, -0.2) is 0 Å². The molecule has 0 N–H and O–H groups in total. The van der Waals surface area contributed by atoms with Crippen molar-refractivity contribution in [1.82, 2.24) is 0 Å². The van der Waals surface area contributed by atoms with Crippen molar-refractivity contribution in [2.75, 3.05) is 0 Å². The van der Waals surface area contributed by atoms with Crippen LogP contribution >= 0.6 is 9.24 Å². The van der Waals surface area contributed by atoms with Gasteiger partial charge in [-0.1, -0.05) is 93.4 Å². The molecule has 0 saturated carbocycles. The molecule has 2 atom stereocenters. The topological polar surface area (TPSA) is 0 Å². The molecule has 0 fully saturated rings. The maximum absolute atomic E-state index is 3.84. The summed E-state index contributed by atoms with van der Waals surface area (Å²) in [6.45, 7) is 6.09. The molecule has 0 aliphatic heterocycles. The standard InChI is InChI=1S/C20H25P/c1-3-5-9-16-20(21,18-10-7-6-8-11-18)19-14-12-17(4-2)13-15-19/h4,6-8,10-15H,2-3,5,9,16,21H2,1H3. The van der Waals surface area contributed by atoms with Crippen LogP contribution < -0.4 is 0 Å². The van der Waals surface area contributed by atoms with Crippen LogP contribution in [0.25, 0.3) is 6.08 Å². The van der Waals surface area contributed by atoms with Crippen LogP contribution in [-0.2, 0) is 5.16 Å². The fourth-order valence-corrected chi connectivity index (χ4v) is 3.35. The van der Waals surface area contributed by atoms with Crippen LogP contribution in [0.4, 0.5) is 0 Å². The first-order valence-electron chi connectivity index (χ1n) is 7.78. The summed E-state index contributed by atoms with van der Waals surface area (Å²) < 4.78 is 0. The molecule has 2 unspecified atom stereocenters. The Balaban J connectivity index is 2.36. The van der Waals surface area contributed by atoms with Gasteiger partial charge >= 0.3 is 0 Å². The normalized spacial score (nSPS) is 13.6. The van der Waals surface area contributed by atoms with Gasteiger partial charge in [-0.15, -0.1) is 9.24 Å². The SMILES string of the molecule is C=Cc1ccc(C(P)(CCCCC)c2ccccc2)cc1. The molecule has 0 saturated heterocycles. The van der Waals surface area contributed by atoms with E-state index in [4.69, 9.17) is 0 Å². The maximum Gasteiger partial charge on any atom is 0.0344 e. The average molecular weight is 296 g/mol. The Labute approximate surface area is 131 Å². The van der Waals surface area contributed by atoms with Crippen molar-refractivity contribution in [3.05, 3.63) is 77.9 Å². The molecule has 2 aromatic carbocycles. The van der Waals surface area contributed by atoms with E-state index >= 15 is 0 Å². The molecule has 110 valence electrons. The van der Waals surface area contributed by atoms with Gasteiger partial charge in [0, 0.05) is 5.16 Å². The van der Waals surface area contributed by atoms with Crippen molar-refractivity contribution in [2.45, 2.75) is 37.8 Å². The van der Waals surface area contributed by atoms with Crippen molar-refractivity contribution >= 4 is 15.3 Å². The molecule has 2 rings (SSSR count). The van der Waals surface area contributed by atoms with Gasteiger partial charge in [0.2, 0.25) is 0 Å². The highest BCUT2D eigenvalue weighted by Gasteiger charge is 2.28. The second-order valence-corrected chi connectivity index (χ2v) is 6.61. The Morgan fingerprint density at radius 1 is 0.952 bits per heavy atom. The molecule has 0 aliphatic rings. The average Bonchev–Trinajstić information content (AvgIpc) is 2.56. The zero-order valence-corrected chi connectivity index (χ0v) is 14.0. The zero-order chi connectivity index (χ0) is 15.1. The van der Waals surface area contributed by atoms with Gasteiger partial charge < -0.3 is 0 Å². The van der Waals surface area contributed by atoms with Crippen LogP contribution in [0.1, 0.15) is 49.3 Å². The van der Waals surface area contributed by atoms with Gasteiger partial charge in [0.15, 0.2) is 0 Å². The molecule has 1 heteroatoms. The minimum atomic E-state index is 0.0100. The van der Waals surface area contributed by atoms with Crippen molar-refractivity contribution in [3.8, 4) is 0 Å². The molecule has 0 aliphatic carbocycles. The van der Waals surface area contributed by atoms with Crippen molar-refractivity contribution in [2.24, 2.45) is 0 Å². The predicted octanol–water partition coefficient (Wildman–Crippen LogP) is 6.03. The van der Waals surface area contributed by atoms with E-state index in [-0.39, 0.29) is 5.16 Å². The molecule has 0 nitrogen and oxygen atoms in total. The third kappa shape index (κ3) is 3.83. The predicted molar refractivity (Wildman–Crippen MR) is 97.6 cm³/mol. The quantitative estimate of drug-likeness (QED) is 0.432. The van der Waals surface area contributed by atoms with E-state index < -0.39 is 0 Å². The summed E-state index contributed by atoms with van der Waals surface area (Å²) in [6.07, 6.45) is 6.84. The summed E-state index contributed by atoms with van der Waals surface area (Å²) in [7, 11) is 3.12. The van der Waals surface area contributed by atoms with E-state index in [2.05, 4.69) is 77.3 Å². The van der Waals surface area contributed by atoms with Crippen LogP contribution in [-0.4, -0.2) is 0 Å². The van der Waals surface area contributed by atoms with Crippen molar-refractivity contribution in [1.29, 1.82) is 0 Å². The molecular formula is C20H25P. The Hall–Kier alpha value is -1.39. The van der Waals surface area contributed by atoms with Gasteiger partial charge in [0.25, 0.3) is 0 Å². The Morgan fingerprint density at radius 3 is 2.14 bits per heavy atom. The zero-order valence-electron chi connectivity index (χ0n) is 12.9. The second kappa shape index (κ2) is 7.57. The van der Waals surface area contributed by atoms with E-state index in [1.807, 2.05) is 6.08 Å². The van der Waals surface area contributed by atoms with E-state index in [1.165, 1.54) is 36.0 Å². The summed E-state index contributed by atoms with van der Waals surface area (Å²) in [5.74, 6) is 0. The van der Waals surface area contributed by atoms with Gasteiger partial charge in [-0.05, 0) is 23.1 Å². The number of hydrogen-bond donors (Lipinski definition) is 0. The molecular weight excluding hydrogens is 271 g/mol. The molecule has 21 heavy (non-hydrogen) atoms. The molecule has 0 radical (unpaired) electrons. The Kier molecular flexibility index (Phi) is 5.76. The largest absolute Gasteiger partial charge is 0.122 e.